The number of rotatable bonds is 5. The second-order valence-corrected chi connectivity index (χ2v) is 6.99. The first-order chi connectivity index (χ1) is 11.1. The molecule has 0 spiro atoms. The highest BCUT2D eigenvalue weighted by Gasteiger charge is 2.37. The molecule has 23 heavy (non-hydrogen) atoms. The van der Waals surface area contributed by atoms with Crippen LogP contribution in [0.2, 0.25) is 0 Å². The standard InChI is InChI=1S/C16H20N4O2S/c1-9(2)13-15(23-20-19-13)16(22)18-14(10-7-11(21)8-10)12-5-3-4-6-17-12/h3-6,9-11,14,21H,7-8H2,1-2H3,(H,18,22). The number of nitrogens with one attached hydrogen (secondary N) is 1. The van der Waals surface area contributed by atoms with Crippen molar-refractivity contribution >= 4 is 17.4 Å². The van der Waals surface area contributed by atoms with Crippen LogP contribution in [-0.4, -0.2) is 31.7 Å². The van der Waals surface area contributed by atoms with Crippen molar-refractivity contribution in [2.75, 3.05) is 0 Å². The van der Waals surface area contributed by atoms with Crippen LogP contribution in [-0.2, 0) is 0 Å². The minimum absolute atomic E-state index is 0.147. The molecule has 1 atom stereocenters. The number of amides is 1. The van der Waals surface area contributed by atoms with Crippen molar-refractivity contribution in [3.05, 3.63) is 40.7 Å². The third-order valence-electron chi connectivity index (χ3n) is 4.18. The van der Waals surface area contributed by atoms with Crippen LogP contribution >= 0.6 is 11.5 Å². The Kier molecular flexibility index (Phi) is 4.68. The van der Waals surface area contributed by atoms with Crippen molar-refractivity contribution in [2.24, 2.45) is 5.92 Å². The molecule has 2 aromatic heterocycles. The summed E-state index contributed by atoms with van der Waals surface area (Å²) < 4.78 is 3.91. The summed E-state index contributed by atoms with van der Waals surface area (Å²) in [7, 11) is 0. The van der Waals surface area contributed by atoms with E-state index in [1.807, 2.05) is 32.0 Å². The summed E-state index contributed by atoms with van der Waals surface area (Å²) in [6.45, 7) is 3.98. The van der Waals surface area contributed by atoms with E-state index < -0.39 is 0 Å². The summed E-state index contributed by atoms with van der Waals surface area (Å²) in [5.41, 5.74) is 1.54. The predicted molar refractivity (Wildman–Crippen MR) is 87.2 cm³/mol. The Hall–Kier alpha value is -1.86. The largest absolute Gasteiger partial charge is 0.393 e. The summed E-state index contributed by atoms with van der Waals surface area (Å²) in [4.78, 5) is 17.6. The van der Waals surface area contributed by atoms with E-state index in [0.29, 0.717) is 17.7 Å². The molecule has 2 heterocycles. The van der Waals surface area contributed by atoms with Crippen LogP contribution in [0, 0.1) is 5.92 Å². The molecular formula is C16H20N4O2S. The predicted octanol–water partition coefficient (Wildman–Crippen LogP) is 2.30. The minimum atomic E-state index is -0.278. The lowest BCUT2D eigenvalue weighted by Gasteiger charge is -2.37. The van der Waals surface area contributed by atoms with E-state index in [4.69, 9.17) is 0 Å². The number of aliphatic hydroxyl groups excluding tert-OH is 1. The van der Waals surface area contributed by atoms with E-state index in [1.54, 1.807) is 6.20 Å². The van der Waals surface area contributed by atoms with Crippen molar-refractivity contribution in [1.29, 1.82) is 0 Å². The first-order valence-corrected chi connectivity index (χ1v) is 8.55. The molecule has 0 aliphatic heterocycles. The molecule has 1 fully saturated rings. The van der Waals surface area contributed by atoms with Crippen molar-refractivity contribution in [2.45, 2.75) is 44.8 Å². The lowest BCUT2D eigenvalue weighted by atomic mass is 9.76. The summed E-state index contributed by atoms with van der Waals surface area (Å²) in [5.74, 6) is 0.182. The van der Waals surface area contributed by atoms with E-state index in [9.17, 15) is 9.90 Å². The van der Waals surface area contributed by atoms with Crippen LogP contribution in [0.25, 0.3) is 0 Å². The monoisotopic (exact) mass is 332 g/mol. The van der Waals surface area contributed by atoms with E-state index in [2.05, 4.69) is 19.9 Å². The van der Waals surface area contributed by atoms with Gasteiger partial charge in [-0.1, -0.05) is 24.4 Å². The Balaban J connectivity index is 1.81. The van der Waals surface area contributed by atoms with Crippen molar-refractivity contribution in [3.63, 3.8) is 0 Å². The molecule has 2 N–H and O–H groups in total. The molecule has 0 aromatic carbocycles. The maximum Gasteiger partial charge on any atom is 0.265 e. The van der Waals surface area contributed by atoms with Crippen LogP contribution in [0.5, 0.6) is 0 Å². The highest BCUT2D eigenvalue weighted by Crippen LogP contribution is 2.37. The summed E-state index contributed by atoms with van der Waals surface area (Å²) in [5, 5.41) is 16.7. The van der Waals surface area contributed by atoms with Crippen molar-refractivity contribution in [1.82, 2.24) is 19.9 Å². The molecule has 7 heteroatoms. The third-order valence-corrected chi connectivity index (χ3v) is 4.92. The van der Waals surface area contributed by atoms with E-state index >= 15 is 0 Å². The van der Waals surface area contributed by atoms with Gasteiger partial charge in [0.25, 0.3) is 5.91 Å². The van der Waals surface area contributed by atoms with E-state index in [-0.39, 0.29) is 29.9 Å². The number of nitrogens with zero attached hydrogens (tertiary/aromatic N) is 3. The van der Waals surface area contributed by atoms with Gasteiger partial charge in [-0.3, -0.25) is 9.78 Å². The Morgan fingerprint density at radius 2 is 2.17 bits per heavy atom. The quantitative estimate of drug-likeness (QED) is 0.877. The molecule has 3 rings (SSSR count). The maximum absolute atomic E-state index is 12.7. The average molecular weight is 332 g/mol. The number of carbonyl (C=O) groups is 1. The van der Waals surface area contributed by atoms with Gasteiger partial charge in [-0.2, -0.15) is 0 Å². The lowest BCUT2D eigenvalue weighted by Crippen LogP contribution is -2.41. The molecule has 122 valence electrons. The van der Waals surface area contributed by atoms with Crippen molar-refractivity contribution in [3.8, 4) is 0 Å². The third kappa shape index (κ3) is 3.40. The first-order valence-electron chi connectivity index (χ1n) is 7.78. The normalized spacial score (nSPS) is 21.7. The van der Waals surface area contributed by atoms with Crippen LogP contribution in [0.3, 0.4) is 0 Å². The molecule has 1 saturated carbocycles. The fraction of sp³-hybridized carbons (Fsp3) is 0.500. The van der Waals surface area contributed by atoms with Gasteiger partial charge in [0, 0.05) is 6.20 Å². The second-order valence-electron chi connectivity index (χ2n) is 6.23. The average Bonchev–Trinajstić information content (AvgIpc) is 3.00. The molecule has 1 amide bonds. The minimum Gasteiger partial charge on any atom is -0.393 e. The van der Waals surface area contributed by atoms with Gasteiger partial charge >= 0.3 is 0 Å². The zero-order chi connectivity index (χ0) is 16.4. The molecule has 2 aromatic rings. The zero-order valence-corrected chi connectivity index (χ0v) is 14.0. The van der Waals surface area contributed by atoms with Crippen LogP contribution in [0.1, 0.15) is 59.7 Å². The number of pyridine rings is 1. The summed E-state index contributed by atoms with van der Waals surface area (Å²) >= 11 is 1.12. The highest BCUT2D eigenvalue weighted by molar-refractivity contribution is 7.08. The fourth-order valence-corrected chi connectivity index (χ4v) is 3.56. The van der Waals surface area contributed by atoms with Gasteiger partial charge in [0.05, 0.1) is 23.5 Å². The summed E-state index contributed by atoms with van der Waals surface area (Å²) in [6.07, 6.45) is 2.80. The smallest absolute Gasteiger partial charge is 0.265 e. The van der Waals surface area contributed by atoms with Gasteiger partial charge in [0.15, 0.2) is 0 Å². The number of aliphatic hydroxyl groups is 1. The van der Waals surface area contributed by atoms with Gasteiger partial charge in [-0.15, -0.1) is 5.10 Å². The van der Waals surface area contributed by atoms with Crippen LogP contribution in [0.4, 0.5) is 0 Å². The highest BCUT2D eigenvalue weighted by atomic mass is 32.1. The summed E-state index contributed by atoms with van der Waals surface area (Å²) in [6, 6.07) is 5.46. The number of carbonyl (C=O) groups excluding carboxylic acids is 1. The Bertz CT molecular complexity index is 668. The molecule has 1 aliphatic carbocycles. The lowest BCUT2D eigenvalue weighted by molar-refractivity contribution is 0.0228. The Morgan fingerprint density at radius 3 is 2.78 bits per heavy atom. The zero-order valence-electron chi connectivity index (χ0n) is 13.1. The number of hydrogen-bond acceptors (Lipinski definition) is 6. The SMILES string of the molecule is CC(C)c1nnsc1C(=O)NC(c1ccccn1)C1CC(O)C1. The molecule has 1 aliphatic rings. The number of aromatic nitrogens is 3. The topological polar surface area (TPSA) is 88.0 Å². The molecule has 0 radical (unpaired) electrons. The molecule has 0 saturated heterocycles. The van der Waals surface area contributed by atoms with Gasteiger partial charge in [-0.05, 0) is 48.3 Å². The fourth-order valence-electron chi connectivity index (χ4n) is 2.83. The van der Waals surface area contributed by atoms with Crippen LogP contribution in [0.15, 0.2) is 24.4 Å². The molecule has 1 unspecified atom stereocenters. The number of hydrogen-bond donors (Lipinski definition) is 2. The molecule has 6 nitrogen and oxygen atoms in total. The van der Waals surface area contributed by atoms with Crippen molar-refractivity contribution < 1.29 is 9.90 Å². The second kappa shape index (κ2) is 6.72. The van der Waals surface area contributed by atoms with Crippen LogP contribution < -0.4 is 5.32 Å². The van der Waals surface area contributed by atoms with Gasteiger partial charge in [0.1, 0.15) is 4.88 Å². The molecular weight excluding hydrogens is 312 g/mol. The molecule has 0 bridgehead atoms. The van der Waals surface area contributed by atoms with E-state index in [0.717, 1.165) is 22.9 Å². The first kappa shape index (κ1) is 16.0. The maximum atomic E-state index is 12.7. The van der Waals surface area contributed by atoms with Gasteiger partial charge in [0.2, 0.25) is 0 Å². The van der Waals surface area contributed by atoms with Gasteiger partial charge < -0.3 is 10.4 Å². The Labute approximate surface area is 139 Å². The van der Waals surface area contributed by atoms with E-state index in [1.165, 1.54) is 0 Å². The Morgan fingerprint density at radius 1 is 1.39 bits per heavy atom. The van der Waals surface area contributed by atoms with Gasteiger partial charge in [-0.25, -0.2) is 0 Å².